The fourth-order valence-corrected chi connectivity index (χ4v) is 4.76. The van der Waals surface area contributed by atoms with Crippen molar-refractivity contribution in [2.45, 2.75) is 51.6 Å². The number of imidazole rings is 1. The van der Waals surface area contributed by atoms with Gasteiger partial charge in [-0.1, -0.05) is 50.6 Å². The Kier molecular flexibility index (Phi) is 6.22. The second-order valence-electron chi connectivity index (χ2n) is 8.87. The number of aromatic amines is 1. The van der Waals surface area contributed by atoms with Crippen LogP contribution in [-0.4, -0.2) is 34.3 Å². The number of hydrogen-bond acceptors (Lipinski definition) is 5. The van der Waals surface area contributed by atoms with Crippen LogP contribution in [0.2, 0.25) is 0 Å². The van der Waals surface area contributed by atoms with E-state index >= 15 is 0 Å². The Morgan fingerprint density at radius 3 is 2.66 bits per heavy atom. The van der Waals surface area contributed by atoms with Gasteiger partial charge in [-0.05, 0) is 59.4 Å². The minimum Gasteiger partial charge on any atom is -0.368 e. The molecule has 9 nitrogen and oxygen atoms in total. The summed E-state index contributed by atoms with van der Waals surface area (Å²) in [6.45, 7) is 5.63. The highest BCUT2D eigenvalue weighted by molar-refractivity contribution is 5.57. The van der Waals surface area contributed by atoms with E-state index in [4.69, 9.17) is 0 Å². The molecule has 1 aliphatic heterocycles. The van der Waals surface area contributed by atoms with Gasteiger partial charge in [-0.15, -0.1) is 5.10 Å². The lowest BCUT2D eigenvalue weighted by Gasteiger charge is -2.31. The first kappa shape index (κ1) is 22.6. The maximum atomic E-state index is 13.8. The number of nitrogens with one attached hydrogen (secondary N) is 2. The zero-order valence-electron chi connectivity index (χ0n) is 20.1. The van der Waals surface area contributed by atoms with Gasteiger partial charge in [-0.2, -0.15) is 0 Å². The quantitative estimate of drug-likeness (QED) is 0.390. The highest BCUT2D eigenvalue weighted by Crippen LogP contribution is 2.33. The first-order valence-electron chi connectivity index (χ1n) is 12.1. The molecule has 0 saturated heterocycles. The van der Waals surface area contributed by atoms with Crippen LogP contribution in [0, 0.1) is 0 Å². The molecule has 1 aromatic carbocycles. The fraction of sp³-hybridized carbons (Fsp3) is 0.308. The molecule has 0 bridgehead atoms. The molecule has 0 unspecified atom stereocenters. The molecular formula is C26H30N8O. The van der Waals surface area contributed by atoms with Crippen molar-refractivity contribution in [1.29, 1.82) is 0 Å². The first-order valence-corrected chi connectivity index (χ1v) is 12.1. The molecule has 0 fully saturated rings. The van der Waals surface area contributed by atoms with Crippen molar-refractivity contribution in [1.82, 2.24) is 39.6 Å². The molecular weight excluding hydrogens is 440 g/mol. The molecule has 9 heteroatoms. The average Bonchev–Trinajstić information content (AvgIpc) is 3.63. The second-order valence-corrected chi connectivity index (χ2v) is 8.87. The molecule has 0 atom stereocenters. The number of H-pyrrole nitrogens is 1. The van der Waals surface area contributed by atoms with Gasteiger partial charge in [0.25, 0.3) is 0 Å². The minimum absolute atomic E-state index is 0.0280. The van der Waals surface area contributed by atoms with Crippen molar-refractivity contribution in [2.24, 2.45) is 0 Å². The van der Waals surface area contributed by atoms with Crippen LogP contribution < -0.4 is 11.0 Å². The van der Waals surface area contributed by atoms with E-state index in [2.05, 4.69) is 68.6 Å². The van der Waals surface area contributed by atoms with Gasteiger partial charge in [0.05, 0.1) is 5.41 Å². The summed E-state index contributed by atoms with van der Waals surface area (Å²) in [5.41, 5.74) is 2.43. The smallest absolute Gasteiger partial charge is 0.334 e. The van der Waals surface area contributed by atoms with Crippen LogP contribution in [0.15, 0.2) is 78.1 Å². The van der Waals surface area contributed by atoms with E-state index in [1.54, 1.807) is 4.57 Å². The van der Waals surface area contributed by atoms with Crippen LogP contribution in [0.4, 0.5) is 0 Å². The molecule has 0 amide bonds. The molecule has 180 valence electrons. The third-order valence-corrected chi connectivity index (χ3v) is 6.48. The Morgan fingerprint density at radius 1 is 1.06 bits per heavy atom. The number of allylic oxidation sites excluding steroid dienone is 2. The molecule has 3 aromatic heterocycles. The molecule has 0 aliphatic carbocycles. The zero-order chi connectivity index (χ0) is 24.3. The Bertz CT molecular complexity index is 1390. The summed E-state index contributed by atoms with van der Waals surface area (Å²) < 4.78 is 5.85. The summed E-state index contributed by atoms with van der Waals surface area (Å²) in [5.74, 6) is 1.51. The SMILES string of the molecule is CCCc1cn(-c2cccn2CCC)c(=O)n1CC1(c2cccc(-c3nnn[nH]3)c2)C=CNC=C1. The van der Waals surface area contributed by atoms with Crippen molar-refractivity contribution in [3.05, 3.63) is 95.1 Å². The molecule has 4 aromatic rings. The number of hydrogen-bond donors (Lipinski definition) is 2. The van der Waals surface area contributed by atoms with Gasteiger partial charge < -0.3 is 9.88 Å². The third kappa shape index (κ3) is 4.25. The van der Waals surface area contributed by atoms with Crippen molar-refractivity contribution in [3.63, 3.8) is 0 Å². The van der Waals surface area contributed by atoms with Crippen LogP contribution in [0.25, 0.3) is 17.2 Å². The molecule has 0 saturated carbocycles. The predicted octanol–water partition coefficient (Wildman–Crippen LogP) is 3.55. The predicted molar refractivity (Wildman–Crippen MR) is 135 cm³/mol. The van der Waals surface area contributed by atoms with E-state index in [1.165, 1.54) is 0 Å². The normalized spacial score (nSPS) is 14.3. The molecule has 4 heterocycles. The summed E-state index contributed by atoms with van der Waals surface area (Å²) >= 11 is 0. The zero-order valence-corrected chi connectivity index (χ0v) is 20.1. The number of dihydropyridines is 1. The van der Waals surface area contributed by atoms with E-state index in [0.29, 0.717) is 12.4 Å². The Hall–Kier alpha value is -4.14. The van der Waals surface area contributed by atoms with Crippen LogP contribution in [0.5, 0.6) is 0 Å². The van der Waals surface area contributed by atoms with Gasteiger partial charge in [0.15, 0.2) is 5.82 Å². The van der Waals surface area contributed by atoms with Crippen LogP contribution in [0.3, 0.4) is 0 Å². The van der Waals surface area contributed by atoms with E-state index in [-0.39, 0.29) is 5.69 Å². The largest absolute Gasteiger partial charge is 0.368 e. The number of aromatic nitrogens is 7. The van der Waals surface area contributed by atoms with Crippen molar-refractivity contribution in [3.8, 4) is 17.2 Å². The average molecular weight is 471 g/mol. The summed E-state index contributed by atoms with van der Waals surface area (Å²) in [5, 5.41) is 17.5. The Balaban J connectivity index is 1.61. The van der Waals surface area contributed by atoms with E-state index < -0.39 is 5.41 Å². The molecule has 2 N–H and O–H groups in total. The lowest BCUT2D eigenvalue weighted by atomic mass is 9.78. The number of aryl methyl sites for hydroxylation is 2. The maximum absolute atomic E-state index is 13.8. The van der Waals surface area contributed by atoms with Gasteiger partial charge in [0, 0.05) is 36.7 Å². The monoisotopic (exact) mass is 470 g/mol. The summed E-state index contributed by atoms with van der Waals surface area (Å²) in [6.07, 6.45) is 14.9. The highest BCUT2D eigenvalue weighted by Gasteiger charge is 2.31. The lowest BCUT2D eigenvalue weighted by Crippen LogP contribution is -2.36. The van der Waals surface area contributed by atoms with Gasteiger partial charge >= 0.3 is 5.69 Å². The van der Waals surface area contributed by atoms with Crippen molar-refractivity contribution < 1.29 is 0 Å². The van der Waals surface area contributed by atoms with E-state index in [1.807, 2.05) is 53.6 Å². The summed E-state index contributed by atoms with van der Waals surface area (Å²) in [4.78, 5) is 13.8. The Morgan fingerprint density at radius 2 is 1.91 bits per heavy atom. The minimum atomic E-state index is -0.515. The van der Waals surface area contributed by atoms with Crippen LogP contribution in [-0.2, 0) is 24.9 Å². The maximum Gasteiger partial charge on any atom is 0.334 e. The number of tetrazole rings is 1. The van der Waals surface area contributed by atoms with Crippen molar-refractivity contribution >= 4 is 0 Å². The van der Waals surface area contributed by atoms with Gasteiger partial charge in [0.1, 0.15) is 5.82 Å². The molecule has 0 radical (unpaired) electrons. The van der Waals surface area contributed by atoms with Crippen LogP contribution in [0.1, 0.15) is 37.9 Å². The standard InChI is InChI=1S/C26H30N8O/c1-3-7-22-18-33(23-10-6-16-32(23)15-4-2)25(35)34(22)19-26(11-13-27-14-12-26)21-9-5-8-20(17-21)24-28-30-31-29-24/h5-6,8-14,16-18,27H,3-4,7,15,19H2,1-2H3,(H,28,29,30,31). The molecule has 35 heavy (non-hydrogen) atoms. The van der Waals surface area contributed by atoms with Gasteiger partial charge in [-0.3, -0.25) is 9.13 Å². The molecule has 0 spiro atoms. The summed E-state index contributed by atoms with van der Waals surface area (Å²) in [6, 6.07) is 12.1. The van der Waals surface area contributed by atoms with E-state index in [9.17, 15) is 4.79 Å². The fourth-order valence-electron chi connectivity index (χ4n) is 4.76. The van der Waals surface area contributed by atoms with E-state index in [0.717, 1.165) is 48.4 Å². The molecule has 5 rings (SSSR count). The number of rotatable bonds is 9. The number of nitrogens with zero attached hydrogens (tertiary/aromatic N) is 6. The molecule has 1 aliphatic rings. The van der Waals surface area contributed by atoms with Gasteiger partial charge in [0.2, 0.25) is 0 Å². The Labute approximate surface area is 203 Å². The summed E-state index contributed by atoms with van der Waals surface area (Å²) in [7, 11) is 0. The second kappa shape index (κ2) is 9.61. The lowest BCUT2D eigenvalue weighted by molar-refractivity contribution is 0.497. The van der Waals surface area contributed by atoms with Crippen molar-refractivity contribution in [2.75, 3.05) is 0 Å². The first-order chi connectivity index (χ1) is 17.1. The topological polar surface area (TPSA) is 98.3 Å². The van der Waals surface area contributed by atoms with Gasteiger partial charge in [-0.25, -0.2) is 9.89 Å². The highest BCUT2D eigenvalue weighted by atomic mass is 16.1. The number of benzene rings is 1. The van der Waals surface area contributed by atoms with Crippen LogP contribution >= 0.6 is 0 Å². The third-order valence-electron chi connectivity index (χ3n) is 6.48.